The van der Waals surface area contributed by atoms with Gasteiger partial charge in [-0.25, -0.2) is 19.9 Å². The van der Waals surface area contributed by atoms with Gasteiger partial charge in [-0.15, -0.1) is 0 Å². The minimum Gasteiger partial charge on any atom is -0.255 e. The largest absolute Gasteiger partial charge is 0.255 e. The molecule has 0 amide bonds. The predicted octanol–water partition coefficient (Wildman–Crippen LogP) is 14.9. The molecule has 6 heteroatoms. The second-order valence-corrected chi connectivity index (χ2v) is 16.2. The van der Waals surface area contributed by atoms with Gasteiger partial charge in [0.05, 0.1) is 22.8 Å². The number of pyridine rings is 3. The van der Waals surface area contributed by atoms with Gasteiger partial charge in [-0.1, -0.05) is 176 Å². The Morgan fingerprint density at radius 1 is 0.227 bits per heavy atom. The van der Waals surface area contributed by atoms with E-state index < -0.39 is 0 Å². The van der Waals surface area contributed by atoms with Gasteiger partial charge in [0.25, 0.3) is 0 Å². The zero-order valence-electron chi connectivity index (χ0n) is 35.6. The molecule has 6 nitrogen and oxygen atoms in total. The topological polar surface area (TPSA) is 77.3 Å². The van der Waals surface area contributed by atoms with Crippen LogP contribution in [0.25, 0.3) is 123 Å². The van der Waals surface area contributed by atoms with Crippen LogP contribution in [0.3, 0.4) is 0 Å². The molecule has 0 saturated heterocycles. The number of hydrogen-bond donors (Lipinski definition) is 0. The lowest BCUT2D eigenvalue weighted by Crippen LogP contribution is -2.00. The van der Waals surface area contributed by atoms with Crippen molar-refractivity contribution in [3.05, 3.63) is 231 Å². The van der Waals surface area contributed by atoms with Crippen molar-refractivity contribution >= 4 is 32.3 Å². The highest BCUT2D eigenvalue weighted by atomic mass is 15.0. The lowest BCUT2D eigenvalue weighted by atomic mass is 9.83. The molecule has 0 aliphatic rings. The second kappa shape index (κ2) is 16.6. The van der Waals surface area contributed by atoms with Crippen molar-refractivity contribution in [1.82, 2.24) is 29.9 Å². The Morgan fingerprint density at radius 2 is 0.636 bits per heavy atom. The van der Waals surface area contributed by atoms with Gasteiger partial charge in [0.1, 0.15) is 0 Å². The summed E-state index contributed by atoms with van der Waals surface area (Å²) in [5, 5.41) is 6.98. The summed E-state index contributed by atoms with van der Waals surface area (Å²) < 4.78 is 0. The van der Waals surface area contributed by atoms with E-state index in [0.717, 1.165) is 88.8 Å². The van der Waals surface area contributed by atoms with E-state index in [2.05, 4.69) is 131 Å². The summed E-state index contributed by atoms with van der Waals surface area (Å²) in [5.74, 6) is 1.89. The lowest BCUT2D eigenvalue weighted by molar-refractivity contribution is 1.07. The molecule has 0 atom stereocenters. The zero-order valence-corrected chi connectivity index (χ0v) is 35.6. The van der Waals surface area contributed by atoms with Crippen LogP contribution in [-0.2, 0) is 0 Å². The van der Waals surface area contributed by atoms with Crippen LogP contribution in [0.2, 0.25) is 0 Å². The van der Waals surface area contributed by atoms with E-state index in [-0.39, 0.29) is 0 Å². The van der Waals surface area contributed by atoms with Gasteiger partial charge in [0, 0.05) is 29.1 Å². The van der Waals surface area contributed by atoms with Crippen LogP contribution in [-0.4, -0.2) is 29.9 Å². The van der Waals surface area contributed by atoms with Crippen molar-refractivity contribution in [3.8, 4) is 90.3 Å². The maximum atomic E-state index is 5.08. The standard InChI is InChI=1S/C60H38N6/c1-3-18-39(19-4-1)58-64-59(40-20-5-2-6-21-40)66-60(65-58)42-23-17-22-41(36-42)56-47-26-9-11-28-49(47)57(50-29-12-10-27-48(50)56)51-33-32-44(45-24-7-8-25-46(45)51)43-37-54(52-30-13-15-34-61-52)63-55(38-43)53-31-14-16-35-62-53/h1-38H. The summed E-state index contributed by atoms with van der Waals surface area (Å²) in [7, 11) is 0. The van der Waals surface area contributed by atoms with Crippen molar-refractivity contribution < 1.29 is 0 Å². The molecule has 0 spiro atoms. The van der Waals surface area contributed by atoms with E-state index in [1.54, 1.807) is 0 Å². The molecule has 4 aromatic heterocycles. The summed E-state index contributed by atoms with van der Waals surface area (Å²) in [6.45, 7) is 0. The van der Waals surface area contributed by atoms with Crippen LogP contribution < -0.4 is 0 Å². The van der Waals surface area contributed by atoms with Crippen LogP contribution in [0.1, 0.15) is 0 Å². The molecule has 308 valence electrons. The number of rotatable bonds is 8. The minimum atomic E-state index is 0.620. The molecule has 0 saturated carbocycles. The number of fused-ring (bicyclic) bond motifs is 3. The fraction of sp³-hybridized carbons (Fsp3) is 0. The SMILES string of the molecule is c1ccc(-c2nc(-c3ccccc3)nc(-c3cccc(-c4c5ccccc5c(-c5ccc(-c6cc(-c7ccccn7)nc(-c7ccccn7)c6)c6ccccc56)c5ccccc45)c3)n2)cc1. The molecule has 0 N–H and O–H groups in total. The summed E-state index contributed by atoms with van der Waals surface area (Å²) in [5.41, 5.74) is 12.7. The molecule has 0 aliphatic carbocycles. The maximum Gasteiger partial charge on any atom is 0.164 e. The molecule has 12 rings (SSSR count). The summed E-state index contributed by atoms with van der Waals surface area (Å²) in [6, 6.07) is 75.9. The van der Waals surface area contributed by atoms with Crippen molar-refractivity contribution in [1.29, 1.82) is 0 Å². The molecule has 0 fully saturated rings. The van der Waals surface area contributed by atoms with E-state index in [1.165, 1.54) is 16.3 Å². The highest BCUT2D eigenvalue weighted by molar-refractivity contribution is 6.24. The van der Waals surface area contributed by atoms with E-state index in [1.807, 2.05) is 109 Å². The maximum absolute atomic E-state index is 5.08. The number of aromatic nitrogens is 6. The highest BCUT2D eigenvalue weighted by Gasteiger charge is 2.21. The Kier molecular flexibility index (Phi) is 9.73. The Morgan fingerprint density at radius 3 is 1.15 bits per heavy atom. The van der Waals surface area contributed by atoms with Gasteiger partial charge in [0.2, 0.25) is 0 Å². The van der Waals surface area contributed by atoms with Crippen LogP contribution in [0, 0.1) is 0 Å². The third-order valence-electron chi connectivity index (χ3n) is 12.2. The van der Waals surface area contributed by atoms with Gasteiger partial charge in [-0.2, -0.15) is 0 Å². The van der Waals surface area contributed by atoms with Crippen molar-refractivity contribution in [2.45, 2.75) is 0 Å². The second-order valence-electron chi connectivity index (χ2n) is 16.2. The third kappa shape index (κ3) is 7.03. The van der Waals surface area contributed by atoms with Crippen LogP contribution >= 0.6 is 0 Å². The Bertz CT molecular complexity index is 3570. The Balaban J connectivity index is 1.04. The quantitative estimate of drug-likeness (QED) is 0.142. The smallest absolute Gasteiger partial charge is 0.164 e. The molecule has 8 aromatic carbocycles. The fourth-order valence-corrected chi connectivity index (χ4v) is 9.23. The Labute approximate surface area is 381 Å². The van der Waals surface area contributed by atoms with Gasteiger partial charge in [-0.05, 0) is 108 Å². The summed E-state index contributed by atoms with van der Waals surface area (Å²) >= 11 is 0. The molecule has 66 heavy (non-hydrogen) atoms. The van der Waals surface area contributed by atoms with E-state index >= 15 is 0 Å². The van der Waals surface area contributed by atoms with Crippen molar-refractivity contribution in [2.75, 3.05) is 0 Å². The summed E-state index contributed by atoms with van der Waals surface area (Å²) in [4.78, 5) is 29.5. The monoisotopic (exact) mass is 842 g/mol. The average Bonchev–Trinajstić information content (AvgIpc) is 3.40. The zero-order chi connectivity index (χ0) is 43.8. The van der Waals surface area contributed by atoms with Crippen LogP contribution in [0.4, 0.5) is 0 Å². The van der Waals surface area contributed by atoms with Gasteiger partial charge >= 0.3 is 0 Å². The minimum absolute atomic E-state index is 0.620. The molecule has 0 aliphatic heterocycles. The van der Waals surface area contributed by atoms with Crippen molar-refractivity contribution in [3.63, 3.8) is 0 Å². The number of nitrogens with zero attached hydrogens (tertiary/aromatic N) is 6. The van der Waals surface area contributed by atoms with Gasteiger partial charge in [-0.3, -0.25) is 9.97 Å². The molecule has 0 unspecified atom stereocenters. The first-order chi connectivity index (χ1) is 32.7. The van der Waals surface area contributed by atoms with Crippen molar-refractivity contribution in [2.24, 2.45) is 0 Å². The Hall–Kier alpha value is -9.00. The lowest BCUT2D eigenvalue weighted by Gasteiger charge is -2.20. The normalized spacial score (nSPS) is 11.3. The molecule has 0 bridgehead atoms. The van der Waals surface area contributed by atoms with Crippen LogP contribution in [0.5, 0.6) is 0 Å². The molecular weight excluding hydrogens is 805 g/mol. The van der Waals surface area contributed by atoms with Gasteiger partial charge in [0.15, 0.2) is 17.5 Å². The van der Waals surface area contributed by atoms with E-state index in [9.17, 15) is 0 Å². The highest BCUT2D eigenvalue weighted by Crippen LogP contribution is 2.47. The van der Waals surface area contributed by atoms with Crippen LogP contribution in [0.15, 0.2) is 231 Å². The van der Waals surface area contributed by atoms with Gasteiger partial charge < -0.3 is 0 Å². The first kappa shape index (κ1) is 38.7. The predicted molar refractivity (Wildman–Crippen MR) is 269 cm³/mol. The molecule has 0 radical (unpaired) electrons. The third-order valence-corrected chi connectivity index (χ3v) is 12.2. The number of hydrogen-bond acceptors (Lipinski definition) is 6. The number of benzene rings is 8. The summed E-state index contributed by atoms with van der Waals surface area (Å²) in [6.07, 6.45) is 3.62. The first-order valence-corrected chi connectivity index (χ1v) is 22.0. The average molecular weight is 843 g/mol. The molecule has 12 aromatic rings. The van der Waals surface area contributed by atoms with E-state index in [0.29, 0.717) is 17.5 Å². The van der Waals surface area contributed by atoms with E-state index in [4.69, 9.17) is 19.9 Å². The molecule has 4 heterocycles. The fourth-order valence-electron chi connectivity index (χ4n) is 9.23. The first-order valence-electron chi connectivity index (χ1n) is 22.0. The molecular formula is C60H38N6.